The molecule has 0 aliphatic rings. The molecule has 3 aromatic rings. The molecule has 2 heterocycles. The van der Waals surface area contributed by atoms with Crippen molar-refractivity contribution in [3.05, 3.63) is 60.0 Å². The fraction of sp³-hybridized carbons (Fsp3) is 0.222. The van der Waals surface area contributed by atoms with Gasteiger partial charge in [-0.1, -0.05) is 12.1 Å². The first-order chi connectivity index (χ1) is 11.1. The van der Waals surface area contributed by atoms with Crippen LogP contribution in [-0.2, 0) is 6.54 Å². The molecule has 0 aliphatic heterocycles. The predicted molar refractivity (Wildman–Crippen MR) is 89.5 cm³/mol. The summed E-state index contributed by atoms with van der Waals surface area (Å²) >= 11 is 0. The number of carbonyl (C=O) groups is 1. The molecule has 118 valence electrons. The highest BCUT2D eigenvalue weighted by molar-refractivity contribution is 5.92. The molecule has 0 unspecified atom stereocenters. The maximum atomic E-state index is 12.1. The zero-order valence-corrected chi connectivity index (χ0v) is 13.2. The van der Waals surface area contributed by atoms with Gasteiger partial charge in [-0.25, -0.2) is 4.98 Å². The van der Waals surface area contributed by atoms with Crippen LogP contribution in [0.5, 0.6) is 5.75 Å². The lowest BCUT2D eigenvalue weighted by atomic mass is 10.1. The normalized spacial score (nSPS) is 10.9. The fourth-order valence-electron chi connectivity index (χ4n) is 2.33. The number of fused-ring (bicyclic) bond motifs is 1. The average Bonchev–Trinajstić information content (AvgIpc) is 3.00. The van der Waals surface area contributed by atoms with Crippen LogP contribution in [0, 0.1) is 0 Å². The summed E-state index contributed by atoms with van der Waals surface area (Å²) < 4.78 is 5.51. The Morgan fingerprint density at radius 1 is 1.26 bits per heavy atom. The minimum atomic E-state index is -0.201. The highest BCUT2D eigenvalue weighted by Crippen LogP contribution is 2.14. The largest absolute Gasteiger partial charge is 0.489 e. The first-order valence-electron chi connectivity index (χ1n) is 7.59. The second-order valence-corrected chi connectivity index (χ2v) is 5.63. The summed E-state index contributed by atoms with van der Waals surface area (Å²) in [6, 6.07) is 11.5. The summed E-state index contributed by atoms with van der Waals surface area (Å²) in [5.74, 6) is 0.460. The maximum Gasteiger partial charge on any atom is 0.270 e. The minimum Gasteiger partial charge on any atom is -0.489 e. The van der Waals surface area contributed by atoms with E-state index in [-0.39, 0.29) is 12.0 Å². The Labute approximate surface area is 134 Å². The maximum absolute atomic E-state index is 12.1. The van der Waals surface area contributed by atoms with E-state index >= 15 is 0 Å². The molecule has 5 nitrogen and oxygen atoms in total. The number of nitrogens with one attached hydrogen (secondary N) is 2. The molecule has 2 aromatic heterocycles. The zero-order chi connectivity index (χ0) is 16.2. The number of rotatable bonds is 5. The van der Waals surface area contributed by atoms with Crippen LogP contribution in [0.25, 0.3) is 10.9 Å². The molecular formula is C18H19N3O2. The number of carbonyl (C=O) groups excluding carboxylic acids is 1. The Morgan fingerprint density at radius 2 is 2.13 bits per heavy atom. The lowest BCUT2D eigenvalue weighted by molar-refractivity contribution is 0.0946. The molecule has 0 bridgehead atoms. The smallest absolute Gasteiger partial charge is 0.270 e. The molecule has 0 spiro atoms. The van der Waals surface area contributed by atoms with Gasteiger partial charge >= 0.3 is 0 Å². The summed E-state index contributed by atoms with van der Waals surface area (Å²) in [7, 11) is 0. The quantitative estimate of drug-likeness (QED) is 0.760. The van der Waals surface area contributed by atoms with Gasteiger partial charge in [0.25, 0.3) is 5.91 Å². The van der Waals surface area contributed by atoms with Crippen molar-refractivity contribution in [2.75, 3.05) is 0 Å². The van der Waals surface area contributed by atoms with Crippen LogP contribution in [0.4, 0.5) is 0 Å². The third-order valence-corrected chi connectivity index (χ3v) is 3.41. The van der Waals surface area contributed by atoms with Gasteiger partial charge in [0.15, 0.2) is 0 Å². The minimum absolute atomic E-state index is 0.0828. The number of nitrogens with zero attached hydrogens (tertiary/aromatic N) is 1. The monoisotopic (exact) mass is 309 g/mol. The predicted octanol–water partition coefficient (Wildman–Crippen LogP) is 3.28. The van der Waals surface area contributed by atoms with E-state index in [0.29, 0.717) is 18.0 Å². The van der Waals surface area contributed by atoms with Gasteiger partial charge in [0, 0.05) is 18.3 Å². The van der Waals surface area contributed by atoms with E-state index in [4.69, 9.17) is 4.74 Å². The number of aromatic amines is 1. The average molecular weight is 309 g/mol. The molecule has 0 saturated heterocycles. The molecule has 0 radical (unpaired) electrons. The summed E-state index contributed by atoms with van der Waals surface area (Å²) in [5, 5.41) is 4.03. The van der Waals surface area contributed by atoms with Crippen LogP contribution in [0.3, 0.4) is 0 Å². The highest BCUT2D eigenvalue weighted by Gasteiger charge is 2.08. The van der Waals surface area contributed by atoms with Gasteiger partial charge < -0.3 is 15.0 Å². The molecule has 0 atom stereocenters. The van der Waals surface area contributed by atoms with Gasteiger partial charge in [-0.2, -0.15) is 0 Å². The molecular weight excluding hydrogens is 290 g/mol. The van der Waals surface area contributed by atoms with Crippen LogP contribution in [0.2, 0.25) is 0 Å². The fourth-order valence-corrected chi connectivity index (χ4v) is 2.33. The topological polar surface area (TPSA) is 67.0 Å². The first kappa shape index (κ1) is 15.1. The van der Waals surface area contributed by atoms with E-state index in [0.717, 1.165) is 16.5 Å². The van der Waals surface area contributed by atoms with Crippen LogP contribution in [-0.4, -0.2) is 22.0 Å². The summed E-state index contributed by atoms with van der Waals surface area (Å²) in [6.45, 7) is 4.35. The number of hydrogen-bond donors (Lipinski definition) is 2. The van der Waals surface area contributed by atoms with Crippen LogP contribution in [0.15, 0.2) is 48.8 Å². The van der Waals surface area contributed by atoms with Crippen LogP contribution < -0.4 is 10.1 Å². The van der Waals surface area contributed by atoms with E-state index in [2.05, 4.69) is 15.3 Å². The standard InChI is InChI=1S/C18H19N3O2/c1-12(2)23-15-5-6-16(20-11-15)18(22)21-10-13-3-4-14-7-8-19-17(14)9-13/h3-9,11-12,19H,10H2,1-2H3,(H,21,22). The van der Waals surface area contributed by atoms with E-state index in [9.17, 15) is 4.79 Å². The van der Waals surface area contributed by atoms with Crippen molar-refractivity contribution in [1.29, 1.82) is 0 Å². The van der Waals surface area contributed by atoms with Crippen LogP contribution in [0.1, 0.15) is 29.9 Å². The Kier molecular flexibility index (Phi) is 4.28. The number of hydrogen-bond acceptors (Lipinski definition) is 3. The number of pyridine rings is 1. The number of aromatic nitrogens is 2. The zero-order valence-electron chi connectivity index (χ0n) is 13.2. The Bertz CT molecular complexity index is 807. The van der Waals surface area contributed by atoms with E-state index in [1.165, 1.54) is 0 Å². The number of amides is 1. The van der Waals surface area contributed by atoms with Gasteiger partial charge in [0.05, 0.1) is 12.3 Å². The van der Waals surface area contributed by atoms with Crippen molar-refractivity contribution in [2.24, 2.45) is 0 Å². The molecule has 2 N–H and O–H groups in total. The van der Waals surface area contributed by atoms with E-state index in [1.807, 2.05) is 44.3 Å². The Balaban J connectivity index is 1.62. The molecule has 0 fully saturated rings. The summed E-state index contributed by atoms with van der Waals surface area (Å²) in [6.07, 6.45) is 3.55. The SMILES string of the molecule is CC(C)Oc1ccc(C(=O)NCc2ccc3cc[nH]c3c2)nc1. The molecule has 5 heteroatoms. The lowest BCUT2D eigenvalue weighted by Crippen LogP contribution is -2.23. The van der Waals surface area contributed by atoms with Gasteiger partial charge in [0.2, 0.25) is 0 Å². The molecule has 1 aromatic carbocycles. The number of H-pyrrole nitrogens is 1. The third kappa shape index (κ3) is 3.69. The van der Waals surface area contributed by atoms with Gasteiger partial charge in [-0.15, -0.1) is 0 Å². The number of ether oxygens (including phenoxy) is 1. The first-order valence-corrected chi connectivity index (χ1v) is 7.59. The summed E-state index contributed by atoms with van der Waals surface area (Å²) in [5.41, 5.74) is 2.47. The second-order valence-electron chi connectivity index (χ2n) is 5.63. The van der Waals surface area contributed by atoms with Crippen molar-refractivity contribution in [3.63, 3.8) is 0 Å². The third-order valence-electron chi connectivity index (χ3n) is 3.41. The Morgan fingerprint density at radius 3 is 2.87 bits per heavy atom. The molecule has 0 aliphatic carbocycles. The van der Waals surface area contributed by atoms with E-state index < -0.39 is 0 Å². The Hall–Kier alpha value is -2.82. The van der Waals surface area contributed by atoms with Gasteiger partial charge in [-0.05, 0) is 49.1 Å². The van der Waals surface area contributed by atoms with Crippen LogP contribution >= 0.6 is 0 Å². The van der Waals surface area contributed by atoms with Crippen molar-refractivity contribution in [2.45, 2.75) is 26.5 Å². The highest BCUT2D eigenvalue weighted by atomic mass is 16.5. The van der Waals surface area contributed by atoms with Gasteiger partial charge in [-0.3, -0.25) is 4.79 Å². The summed E-state index contributed by atoms with van der Waals surface area (Å²) in [4.78, 5) is 19.4. The molecule has 3 rings (SSSR count). The van der Waals surface area contributed by atoms with Crippen molar-refractivity contribution >= 4 is 16.8 Å². The van der Waals surface area contributed by atoms with E-state index in [1.54, 1.807) is 18.3 Å². The van der Waals surface area contributed by atoms with Crippen molar-refractivity contribution < 1.29 is 9.53 Å². The molecule has 0 saturated carbocycles. The number of benzene rings is 1. The molecule has 1 amide bonds. The lowest BCUT2D eigenvalue weighted by Gasteiger charge is -2.09. The second kappa shape index (κ2) is 6.52. The van der Waals surface area contributed by atoms with Crippen molar-refractivity contribution in [3.8, 4) is 5.75 Å². The van der Waals surface area contributed by atoms with Gasteiger partial charge in [0.1, 0.15) is 11.4 Å². The van der Waals surface area contributed by atoms with Crippen molar-refractivity contribution in [1.82, 2.24) is 15.3 Å². The molecule has 23 heavy (non-hydrogen) atoms.